The lowest BCUT2D eigenvalue weighted by Crippen LogP contribution is -2.49. The second-order valence-electron chi connectivity index (χ2n) is 9.31. The van der Waals surface area contributed by atoms with Crippen molar-refractivity contribution in [2.24, 2.45) is 5.10 Å². The van der Waals surface area contributed by atoms with Crippen LogP contribution >= 0.6 is 23.1 Å². The third-order valence-corrected chi connectivity index (χ3v) is 10.7. The number of hydrogen-bond acceptors (Lipinski definition) is 13. The lowest BCUT2D eigenvalue weighted by atomic mass is 10.2. The van der Waals surface area contributed by atoms with Gasteiger partial charge in [-0.15, -0.1) is 11.3 Å². The first-order valence-electron chi connectivity index (χ1n) is 12.9. The first-order valence-corrected chi connectivity index (χ1v) is 16.0. The van der Waals surface area contributed by atoms with E-state index in [1.54, 1.807) is 12.1 Å². The van der Waals surface area contributed by atoms with Crippen molar-refractivity contribution >= 4 is 66.6 Å². The highest BCUT2D eigenvalue weighted by Crippen LogP contribution is 2.39. The number of nitro benzene ring substituents is 2. The Morgan fingerprint density at radius 3 is 2.51 bits per heavy atom. The van der Waals surface area contributed by atoms with Gasteiger partial charge < -0.3 is 5.11 Å². The number of nitrogens with zero attached hydrogens (tertiary/aromatic N) is 6. The molecule has 0 bridgehead atoms. The lowest BCUT2D eigenvalue weighted by Gasteiger charge is -2.33. The van der Waals surface area contributed by atoms with Crippen LogP contribution in [0.4, 0.5) is 17.1 Å². The van der Waals surface area contributed by atoms with Crippen LogP contribution in [0.15, 0.2) is 79.9 Å². The molecular formula is C26H25N7O7S3. The molecule has 1 aliphatic rings. The van der Waals surface area contributed by atoms with Crippen LogP contribution in [0.1, 0.15) is 5.56 Å². The van der Waals surface area contributed by atoms with Gasteiger partial charge >= 0.3 is 0 Å². The molecule has 1 aliphatic heterocycles. The zero-order valence-electron chi connectivity index (χ0n) is 22.4. The molecule has 0 spiro atoms. The standard InChI is InChI=1S/C26H25N7O7S3/c34-14-13-30-9-11-31(12-10-30)43(39,40)25-16-19(32(35)36)6-7-21(25)29-27-17-18-5-8-24(22(15-18)33(37)38)42-26-28-20-3-1-2-4-23(20)41-26/h1-8,15-17,29,34H,9-14H2/b27-17-. The van der Waals surface area contributed by atoms with E-state index in [4.69, 9.17) is 5.11 Å². The highest BCUT2D eigenvalue weighted by Gasteiger charge is 2.31. The highest BCUT2D eigenvalue weighted by molar-refractivity contribution is 8.01. The number of aliphatic hydroxyl groups is 1. The van der Waals surface area contributed by atoms with Gasteiger partial charge in [-0.2, -0.15) is 9.41 Å². The summed E-state index contributed by atoms with van der Waals surface area (Å²) >= 11 is 2.62. The highest BCUT2D eigenvalue weighted by atomic mass is 32.2. The minimum atomic E-state index is -4.14. The summed E-state index contributed by atoms with van der Waals surface area (Å²) in [7, 11) is -4.14. The predicted octanol–water partition coefficient (Wildman–Crippen LogP) is 4.01. The smallest absolute Gasteiger partial charge is 0.283 e. The fourth-order valence-corrected chi connectivity index (χ4v) is 8.11. The average molecular weight is 644 g/mol. The van der Waals surface area contributed by atoms with Crippen molar-refractivity contribution in [3.8, 4) is 0 Å². The van der Waals surface area contributed by atoms with Crippen LogP contribution < -0.4 is 5.43 Å². The molecule has 4 aromatic rings. The number of hydrazone groups is 1. The number of aliphatic hydroxyl groups excluding tert-OH is 1. The third-order valence-electron chi connectivity index (χ3n) is 6.59. The summed E-state index contributed by atoms with van der Waals surface area (Å²) in [5, 5.41) is 36.5. The maximum Gasteiger partial charge on any atom is 0.283 e. The van der Waals surface area contributed by atoms with Crippen LogP contribution in [0.25, 0.3) is 10.2 Å². The normalized spacial score (nSPS) is 14.8. The molecule has 0 amide bonds. The second kappa shape index (κ2) is 13.1. The Hall–Kier alpha value is -4.00. The van der Waals surface area contributed by atoms with Crippen LogP contribution in [-0.2, 0) is 10.0 Å². The number of thiazole rings is 1. The molecule has 2 heterocycles. The van der Waals surface area contributed by atoms with E-state index >= 15 is 0 Å². The SMILES string of the molecule is O=[N+]([O-])c1ccc(N/N=C\c2ccc(Sc3nc4ccccc4s3)c([N+](=O)[O-])c2)c(S(=O)(=O)N2CCN(CCO)CC2)c1. The van der Waals surface area contributed by atoms with Gasteiger partial charge in [-0.1, -0.05) is 30.0 Å². The first kappa shape index (κ1) is 30.5. The van der Waals surface area contributed by atoms with E-state index in [0.717, 1.165) is 22.3 Å². The van der Waals surface area contributed by atoms with Crippen LogP contribution in [-0.4, -0.2) is 83.1 Å². The molecule has 3 aromatic carbocycles. The monoisotopic (exact) mass is 643 g/mol. The zero-order valence-corrected chi connectivity index (χ0v) is 24.8. The third kappa shape index (κ3) is 6.98. The summed E-state index contributed by atoms with van der Waals surface area (Å²) in [5.74, 6) is 0. The molecule has 0 atom stereocenters. The van der Waals surface area contributed by atoms with Crippen LogP contribution in [0, 0.1) is 20.2 Å². The molecule has 1 saturated heterocycles. The maximum absolute atomic E-state index is 13.5. The first-order chi connectivity index (χ1) is 20.7. The van der Waals surface area contributed by atoms with Gasteiger partial charge in [-0.3, -0.25) is 30.6 Å². The van der Waals surface area contributed by atoms with Crippen LogP contribution in [0.3, 0.4) is 0 Å². The van der Waals surface area contributed by atoms with Crippen LogP contribution in [0.5, 0.6) is 0 Å². The van der Waals surface area contributed by atoms with E-state index in [9.17, 15) is 28.6 Å². The number of rotatable bonds is 11. The lowest BCUT2D eigenvalue weighted by molar-refractivity contribution is -0.387. The van der Waals surface area contributed by atoms with Crippen molar-refractivity contribution in [3.63, 3.8) is 0 Å². The molecule has 17 heteroatoms. The molecule has 0 aliphatic carbocycles. The summed E-state index contributed by atoms with van der Waals surface area (Å²) < 4.78 is 29.9. The number of piperazine rings is 1. The Morgan fingerprint density at radius 2 is 1.81 bits per heavy atom. The van der Waals surface area contributed by atoms with Crippen molar-refractivity contribution in [3.05, 3.63) is 86.5 Å². The van der Waals surface area contributed by atoms with E-state index in [1.165, 1.54) is 45.8 Å². The molecule has 1 fully saturated rings. The van der Waals surface area contributed by atoms with Gasteiger partial charge in [-0.05, 0) is 24.3 Å². The van der Waals surface area contributed by atoms with E-state index in [1.807, 2.05) is 29.2 Å². The van der Waals surface area contributed by atoms with Gasteiger partial charge in [0.05, 0.1) is 43.5 Å². The number of β-amino-alcohol motifs (C(OH)–C–C–N with tert-alkyl or cyclic N) is 1. The number of sulfonamides is 1. The Balaban J connectivity index is 1.36. The zero-order chi connectivity index (χ0) is 30.6. The molecule has 14 nitrogen and oxygen atoms in total. The van der Waals surface area contributed by atoms with Crippen molar-refractivity contribution in [2.45, 2.75) is 14.1 Å². The molecule has 0 saturated carbocycles. The largest absolute Gasteiger partial charge is 0.395 e. The number of nitro groups is 2. The quantitative estimate of drug-likeness (QED) is 0.137. The number of anilines is 1. The molecular weight excluding hydrogens is 619 g/mol. The summed E-state index contributed by atoms with van der Waals surface area (Å²) in [4.78, 5) is 28.6. The Morgan fingerprint density at radius 1 is 1.05 bits per heavy atom. The number of benzene rings is 3. The van der Waals surface area contributed by atoms with Crippen LogP contribution in [0.2, 0.25) is 0 Å². The number of hydrogen-bond donors (Lipinski definition) is 2. The minimum Gasteiger partial charge on any atom is -0.395 e. The topological polar surface area (TPSA) is 184 Å². The van der Waals surface area contributed by atoms with E-state index in [0.29, 0.717) is 34.4 Å². The fourth-order valence-electron chi connectivity index (χ4n) is 4.41. The summed E-state index contributed by atoms with van der Waals surface area (Å²) in [5.41, 5.74) is 3.28. The Kier molecular flexibility index (Phi) is 9.28. The molecule has 5 rings (SSSR count). The summed E-state index contributed by atoms with van der Waals surface area (Å²) in [6.45, 7) is 1.49. The minimum absolute atomic E-state index is 0.0112. The number of nitrogens with one attached hydrogen (secondary N) is 1. The van der Waals surface area contributed by atoms with Crippen molar-refractivity contribution in [2.75, 3.05) is 44.8 Å². The van der Waals surface area contributed by atoms with Gasteiger partial charge in [0.25, 0.3) is 11.4 Å². The van der Waals surface area contributed by atoms with E-state index < -0.39 is 25.6 Å². The molecule has 2 N–H and O–H groups in total. The van der Waals surface area contributed by atoms with E-state index in [2.05, 4.69) is 15.5 Å². The number of non-ortho nitro benzene ring substituents is 1. The molecule has 0 radical (unpaired) electrons. The number of para-hydroxylation sites is 1. The molecule has 43 heavy (non-hydrogen) atoms. The van der Waals surface area contributed by atoms with Gasteiger partial charge in [0.1, 0.15) is 4.90 Å². The average Bonchev–Trinajstić information content (AvgIpc) is 3.40. The predicted molar refractivity (Wildman–Crippen MR) is 163 cm³/mol. The maximum atomic E-state index is 13.5. The number of fused-ring (bicyclic) bond motifs is 1. The molecule has 1 aromatic heterocycles. The Bertz CT molecular complexity index is 1770. The molecule has 224 valence electrons. The van der Waals surface area contributed by atoms with Crippen molar-refractivity contribution in [1.82, 2.24) is 14.2 Å². The number of aromatic nitrogens is 1. The van der Waals surface area contributed by atoms with Gasteiger partial charge in [0.2, 0.25) is 10.0 Å². The molecule has 0 unspecified atom stereocenters. The van der Waals surface area contributed by atoms with Gasteiger partial charge in [0, 0.05) is 56.5 Å². The van der Waals surface area contributed by atoms with Gasteiger partial charge in [0.15, 0.2) is 4.34 Å². The van der Waals surface area contributed by atoms with Gasteiger partial charge in [-0.25, -0.2) is 13.4 Å². The van der Waals surface area contributed by atoms with E-state index in [-0.39, 0.29) is 36.0 Å². The Labute approximate surface area is 254 Å². The second-order valence-corrected chi connectivity index (χ2v) is 13.5. The van der Waals surface area contributed by atoms with Crippen molar-refractivity contribution < 1.29 is 23.4 Å². The fraction of sp³-hybridized carbons (Fsp3) is 0.231. The summed E-state index contributed by atoms with van der Waals surface area (Å²) in [6, 6.07) is 15.5. The van der Waals surface area contributed by atoms with Crippen molar-refractivity contribution in [1.29, 1.82) is 0 Å². The summed E-state index contributed by atoms with van der Waals surface area (Å²) in [6.07, 6.45) is 1.30.